The maximum Gasteiger partial charge on any atom is 0.417 e. The lowest BCUT2D eigenvalue weighted by atomic mass is 9.88. The Hall–Kier alpha value is -1.79. The van der Waals surface area contributed by atoms with Crippen molar-refractivity contribution in [1.82, 2.24) is 10.3 Å². The Bertz CT molecular complexity index is 567. The van der Waals surface area contributed by atoms with Crippen molar-refractivity contribution < 1.29 is 18.0 Å². The van der Waals surface area contributed by atoms with Gasteiger partial charge in [-0.25, -0.2) is 4.98 Å². The summed E-state index contributed by atoms with van der Waals surface area (Å²) in [7, 11) is 0. The predicted molar refractivity (Wildman–Crippen MR) is 84.6 cm³/mol. The highest BCUT2D eigenvalue weighted by Crippen LogP contribution is 2.30. The molecular weight excluding hydrogens is 319 g/mol. The highest BCUT2D eigenvalue weighted by molar-refractivity contribution is 5.79. The Labute approximate surface area is 139 Å². The van der Waals surface area contributed by atoms with E-state index in [1.54, 1.807) is 0 Å². The highest BCUT2D eigenvalue weighted by Gasteiger charge is 2.32. The number of rotatable bonds is 3. The first-order valence-corrected chi connectivity index (χ1v) is 8.52. The molecule has 4 nitrogen and oxygen atoms in total. The lowest BCUT2D eigenvalue weighted by Crippen LogP contribution is -2.41. The van der Waals surface area contributed by atoms with Gasteiger partial charge < -0.3 is 10.2 Å². The molecule has 7 heteroatoms. The molecule has 2 fully saturated rings. The summed E-state index contributed by atoms with van der Waals surface area (Å²) in [4.78, 5) is 18.1. The van der Waals surface area contributed by atoms with E-state index in [0.29, 0.717) is 18.9 Å². The molecule has 1 saturated heterocycles. The van der Waals surface area contributed by atoms with E-state index >= 15 is 0 Å². The maximum atomic E-state index is 12.6. The normalized spacial score (nSPS) is 22.6. The van der Waals surface area contributed by atoms with Crippen molar-refractivity contribution in [1.29, 1.82) is 0 Å². The molecular formula is C17H22F3N3O. The van der Waals surface area contributed by atoms with Crippen LogP contribution in [0.15, 0.2) is 18.3 Å². The number of aromatic nitrogens is 1. The predicted octanol–water partition coefficient (Wildman–Crippen LogP) is 3.38. The van der Waals surface area contributed by atoms with E-state index in [1.807, 2.05) is 4.90 Å². The van der Waals surface area contributed by atoms with Crippen LogP contribution in [0.1, 0.15) is 44.1 Å². The summed E-state index contributed by atoms with van der Waals surface area (Å²) in [5, 5.41) is 3.10. The third kappa shape index (κ3) is 3.99. The highest BCUT2D eigenvalue weighted by atomic mass is 19.4. The monoisotopic (exact) mass is 341 g/mol. The average Bonchev–Trinajstić information content (AvgIpc) is 3.03. The molecule has 0 aromatic carbocycles. The summed E-state index contributed by atoms with van der Waals surface area (Å²) in [5.41, 5.74) is -0.743. The summed E-state index contributed by atoms with van der Waals surface area (Å²) in [6, 6.07) is 2.49. The number of hydrogen-bond acceptors (Lipinski definition) is 3. The van der Waals surface area contributed by atoms with Crippen molar-refractivity contribution in [3.63, 3.8) is 0 Å². The van der Waals surface area contributed by atoms with Crippen molar-refractivity contribution >= 4 is 11.7 Å². The number of nitrogens with one attached hydrogen (secondary N) is 1. The third-order valence-corrected chi connectivity index (χ3v) is 4.91. The molecule has 1 aromatic heterocycles. The Morgan fingerprint density at radius 3 is 2.54 bits per heavy atom. The van der Waals surface area contributed by atoms with E-state index in [9.17, 15) is 18.0 Å². The van der Waals surface area contributed by atoms with Gasteiger partial charge in [0.2, 0.25) is 5.91 Å². The molecule has 132 valence electrons. The fourth-order valence-electron chi connectivity index (χ4n) is 3.51. The smallest absolute Gasteiger partial charge is 0.354 e. The molecule has 0 spiro atoms. The Balaban J connectivity index is 1.54. The number of alkyl halides is 3. The molecule has 1 atom stereocenters. The summed E-state index contributed by atoms with van der Waals surface area (Å²) in [6.45, 7) is 1.28. The minimum absolute atomic E-state index is 0.0449. The van der Waals surface area contributed by atoms with Gasteiger partial charge in [0.1, 0.15) is 5.82 Å². The molecule has 1 N–H and O–H groups in total. The number of anilines is 1. The largest absolute Gasteiger partial charge is 0.417 e. The molecule has 1 aliphatic heterocycles. The molecule has 1 amide bonds. The van der Waals surface area contributed by atoms with Gasteiger partial charge in [-0.15, -0.1) is 0 Å². The summed E-state index contributed by atoms with van der Waals surface area (Å²) in [5.74, 6) is 0.774. The Morgan fingerprint density at radius 2 is 1.92 bits per heavy atom. The summed E-state index contributed by atoms with van der Waals surface area (Å²) < 4.78 is 37.7. The molecule has 3 rings (SSSR count). The molecule has 0 radical (unpaired) electrons. The Kier molecular flexibility index (Phi) is 4.96. The van der Waals surface area contributed by atoms with E-state index in [1.165, 1.54) is 12.5 Å². The molecule has 1 aliphatic carbocycles. The van der Waals surface area contributed by atoms with Crippen LogP contribution in [0, 0.1) is 5.92 Å². The first-order chi connectivity index (χ1) is 11.4. The van der Waals surface area contributed by atoms with Gasteiger partial charge in [-0.1, -0.05) is 19.3 Å². The van der Waals surface area contributed by atoms with E-state index in [0.717, 1.165) is 44.4 Å². The van der Waals surface area contributed by atoms with Crippen molar-refractivity contribution in [2.24, 2.45) is 5.92 Å². The van der Waals surface area contributed by atoms with Gasteiger partial charge in [0.05, 0.1) is 5.56 Å². The van der Waals surface area contributed by atoms with Crippen LogP contribution in [0.3, 0.4) is 0 Å². The van der Waals surface area contributed by atoms with Gasteiger partial charge in [0.15, 0.2) is 0 Å². The van der Waals surface area contributed by atoms with Crippen LogP contribution >= 0.6 is 0 Å². The van der Waals surface area contributed by atoms with Gasteiger partial charge in [0.25, 0.3) is 0 Å². The quantitative estimate of drug-likeness (QED) is 0.917. The molecule has 1 aromatic rings. The van der Waals surface area contributed by atoms with E-state index in [4.69, 9.17) is 0 Å². The number of carbonyl (C=O) groups excluding carboxylic acids is 1. The zero-order valence-corrected chi connectivity index (χ0v) is 13.5. The third-order valence-electron chi connectivity index (χ3n) is 4.91. The van der Waals surface area contributed by atoms with Crippen molar-refractivity contribution in [3.8, 4) is 0 Å². The van der Waals surface area contributed by atoms with Gasteiger partial charge in [-0.05, 0) is 31.4 Å². The second kappa shape index (κ2) is 6.99. The standard InChI is InChI=1S/C17H22F3N3O/c18-17(19,20)13-6-7-15(21-10-13)23-9-8-14(11-23)22-16(24)12-4-2-1-3-5-12/h6-7,10,12,14H,1-5,8-9,11H2,(H,22,24). The maximum absolute atomic E-state index is 12.6. The van der Waals surface area contributed by atoms with Crippen molar-refractivity contribution in [2.75, 3.05) is 18.0 Å². The Morgan fingerprint density at radius 1 is 1.17 bits per heavy atom. The number of halogens is 3. The second-order valence-corrected chi connectivity index (χ2v) is 6.68. The van der Waals surface area contributed by atoms with Crippen LogP contribution < -0.4 is 10.2 Å². The van der Waals surface area contributed by atoms with Crippen LogP contribution in [-0.2, 0) is 11.0 Å². The number of hydrogen-bond donors (Lipinski definition) is 1. The van der Waals surface area contributed by atoms with Crippen LogP contribution in [0.4, 0.5) is 19.0 Å². The summed E-state index contributed by atoms with van der Waals surface area (Å²) in [6.07, 6.45) is 2.65. The molecule has 1 saturated carbocycles. The topological polar surface area (TPSA) is 45.2 Å². The van der Waals surface area contributed by atoms with Gasteiger partial charge in [0, 0.05) is 31.2 Å². The van der Waals surface area contributed by atoms with Crippen LogP contribution in [0.2, 0.25) is 0 Å². The van der Waals surface area contributed by atoms with Gasteiger partial charge >= 0.3 is 6.18 Å². The summed E-state index contributed by atoms with van der Waals surface area (Å²) >= 11 is 0. The molecule has 24 heavy (non-hydrogen) atoms. The van der Waals surface area contributed by atoms with Gasteiger partial charge in [-0.3, -0.25) is 4.79 Å². The fourth-order valence-corrected chi connectivity index (χ4v) is 3.51. The average molecular weight is 341 g/mol. The number of amides is 1. The molecule has 2 heterocycles. The number of carbonyl (C=O) groups is 1. The van der Waals surface area contributed by atoms with E-state index in [2.05, 4.69) is 10.3 Å². The minimum atomic E-state index is -4.37. The van der Waals surface area contributed by atoms with E-state index < -0.39 is 11.7 Å². The molecule has 1 unspecified atom stereocenters. The first-order valence-electron chi connectivity index (χ1n) is 8.52. The zero-order chi connectivity index (χ0) is 17.2. The molecule has 0 bridgehead atoms. The van der Waals surface area contributed by atoms with Crippen LogP contribution in [-0.4, -0.2) is 30.0 Å². The lowest BCUT2D eigenvalue weighted by molar-refractivity contribution is -0.137. The minimum Gasteiger partial charge on any atom is -0.354 e. The fraction of sp³-hybridized carbons (Fsp3) is 0.647. The van der Waals surface area contributed by atoms with Crippen LogP contribution in [0.5, 0.6) is 0 Å². The SMILES string of the molecule is O=C(NC1CCN(c2ccc(C(F)(F)F)cn2)C1)C1CCCCC1. The number of pyridine rings is 1. The van der Waals surface area contributed by atoms with Crippen molar-refractivity contribution in [2.45, 2.75) is 50.7 Å². The number of nitrogens with zero attached hydrogens (tertiary/aromatic N) is 2. The van der Waals surface area contributed by atoms with Crippen LogP contribution in [0.25, 0.3) is 0 Å². The lowest BCUT2D eigenvalue weighted by Gasteiger charge is -2.23. The van der Waals surface area contributed by atoms with E-state index in [-0.39, 0.29) is 17.9 Å². The molecule has 2 aliphatic rings. The van der Waals surface area contributed by atoms with Gasteiger partial charge in [-0.2, -0.15) is 13.2 Å². The first kappa shape index (κ1) is 17.0. The second-order valence-electron chi connectivity index (χ2n) is 6.68. The zero-order valence-electron chi connectivity index (χ0n) is 13.5. The van der Waals surface area contributed by atoms with Crippen molar-refractivity contribution in [3.05, 3.63) is 23.9 Å².